The maximum absolute atomic E-state index is 12.7. The Morgan fingerprint density at radius 2 is 1.68 bits per heavy atom. The van der Waals surface area contributed by atoms with E-state index in [9.17, 15) is 30.3 Å². The Hall–Kier alpha value is -1.13. The molecule has 1 amide bonds. The Bertz CT molecular complexity index is 818. The minimum atomic E-state index is -2.13. The maximum atomic E-state index is 12.7. The molecule has 6 unspecified atom stereocenters. The summed E-state index contributed by atoms with van der Waals surface area (Å²) in [6, 6.07) is -3.85. The van der Waals surface area contributed by atoms with Crippen LogP contribution in [-0.2, 0) is 23.7 Å². The summed E-state index contributed by atoms with van der Waals surface area (Å²) in [6.45, 7) is -0.881. The molecule has 0 radical (unpaired) electrons. The zero-order valence-corrected chi connectivity index (χ0v) is 22.4. The number of rotatable bonds is 11. The van der Waals surface area contributed by atoms with Gasteiger partial charge >= 0.3 is 0 Å². The van der Waals surface area contributed by atoms with Crippen molar-refractivity contribution in [2.24, 2.45) is 34.4 Å². The number of carbonyl (C=O) groups excluding carboxylic acids is 1. The summed E-state index contributed by atoms with van der Waals surface area (Å²) in [5.41, 5.74) is 33.7. The van der Waals surface area contributed by atoms with E-state index in [4.69, 9.17) is 53.3 Å². The van der Waals surface area contributed by atoms with Crippen LogP contribution in [0.1, 0.15) is 25.7 Å². The van der Waals surface area contributed by atoms with Crippen molar-refractivity contribution in [2.45, 2.75) is 111 Å². The number of amides is 1. The van der Waals surface area contributed by atoms with E-state index < -0.39 is 98.0 Å². The van der Waals surface area contributed by atoms with Gasteiger partial charge in [-0.25, -0.2) is 0 Å². The molecular weight excluding hydrogens is 534 g/mol. The molecule has 40 heavy (non-hydrogen) atoms. The number of carbonyl (C=O) groups is 1. The molecule has 0 aromatic heterocycles. The van der Waals surface area contributed by atoms with E-state index in [-0.39, 0.29) is 32.0 Å². The third-order valence-electron chi connectivity index (χ3n) is 7.92. The maximum Gasteiger partial charge on any atom is 0.249 e. The molecule has 2 heterocycles. The molecule has 3 fully saturated rings. The van der Waals surface area contributed by atoms with E-state index in [2.05, 4.69) is 5.32 Å². The van der Waals surface area contributed by atoms with Gasteiger partial charge in [0.05, 0.1) is 30.8 Å². The van der Waals surface area contributed by atoms with Crippen LogP contribution in [0.5, 0.6) is 0 Å². The summed E-state index contributed by atoms with van der Waals surface area (Å²) in [5.74, 6) is -0.802. The minimum absolute atomic E-state index is 0.0301. The summed E-state index contributed by atoms with van der Waals surface area (Å²) in [4.78, 5) is 12.7. The lowest BCUT2D eigenvalue weighted by Crippen LogP contribution is -2.76. The smallest absolute Gasteiger partial charge is 0.249 e. The first-order valence-corrected chi connectivity index (χ1v) is 13.6. The van der Waals surface area contributed by atoms with Gasteiger partial charge in [-0.3, -0.25) is 4.79 Å². The molecule has 0 aromatic carbocycles. The Morgan fingerprint density at radius 3 is 2.27 bits per heavy atom. The fraction of sp³-hybridized carbons (Fsp3) is 0.957. The summed E-state index contributed by atoms with van der Waals surface area (Å²) < 4.78 is 23.6. The van der Waals surface area contributed by atoms with Crippen molar-refractivity contribution < 1.29 is 49.3 Å². The molecule has 234 valence electrons. The summed E-state index contributed by atoms with van der Waals surface area (Å²) in [7, 11) is 0. The number of hydrogen-bond donors (Lipinski definition) is 12. The lowest BCUT2D eigenvalue weighted by molar-refractivity contribution is -0.331. The highest BCUT2D eigenvalue weighted by Gasteiger charge is 2.58. The van der Waals surface area contributed by atoms with Crippen LogP contribution in [0.3, 0.4) is 0 Å². The molecule has 0 spiro atoms. The molecule has 2 saturated heterocycles. The molecule has 3 aliphatic rings. The van der Waals surface area contributed by atoms with Gasteiger partial charge in [-0.15, -0.1) is 0 Å². The molecule has 18 N–H and O–H groups in total. The third kappa shape index (κ3) is 7.08. The quantitative estimate of drug-likeness (QED) is 0.108. The number of ether oxygens (including phenoxy) is 4. The van der Waals surface area contributed by atoms with Crippen LogP contribution in [-0.4, -0.2) is 143 Å². The lowest BCUT2D eigenvalue weighted by atomic mass is 9.73. The second-order valence-electron chi connectivity index (χ2n) is 10.8. The van der Waals surface area contributed by atoms with E-state index in [1.54, 1.807) is 0 Å². The number of nitrogens with two attached hydrogens (primary N) is 6. The molecule has 1 saturated carbocycles. The molecule has 0 aromatic rings. The fourth-order valence-electron chi connectivity index (χ4n) is 5.48. The van der Waals surface area contributed by atoms with E-state index >= 15 is 0 Å². The molecule has 2 aliphatic heterocycles. The first kappa shape index (κ1) is 33.4. The van der Waals surface area contributed by atoms with Crippen molar-refractivity contribution in [1.82, 2.24) is 5.32 Å². The predicted molar refractivity (Wildman–Crippen MR) is 139 cm³/mol. The standard InChI is InChI=1S/C23H47N7O10/c24-4-3-13(32)20(35)30-12-5-11(28)18(39-21-10(27)2-1-9(6-25)37-21)23(36,8-26)19(12)40-22-17(34)15(29)16(33)14(7-31)38-22/h9-19,21-22,31-34,36H,1-8,24-29H2,(H,30,35)/t9?,10?,11-,12+,13-,14?,15-,16-,17?,18?,19+,21-,22-,23?/m0/s1. The highest BCUT2D eigenvalue weighted by molar-refractivity contribution is 5.80. The van der Waals surface area contributed by atoms with Crippen molar-refractivity contribution in [3.8, 4) is 0 Å². The van der Waals surface area contributed by atoms with Crippen LogP contribution in [0.2, 0.25) is 0 Å². The number of aliphatic hydroxyl groups is 5. The lowest BCUT2D eigenvalue weighted by Gasteiger charge is -2.53. The van der Waals surface area contributed by atoms with Crippen LogP contribution in [0.25, 0.3) is 0 Å². The highest BCUT2D eigenvalue weighted by Crippen LogP contribution is 2.37. The van der Waals surface area contributed by atoms with Gasteiger partial charge < -0.3 is 84.2 Å². The average molecular weight is 582 g/mol. The van der Waals surface area contributed by atoms with Crippen LogP contribution in [0.4, 0.5) is 0 Å². The first-order valence-electron chi connectivity index (χ1n) is 13.6. The van der Waals surface area contributed by atoms with Crippen molar-refractivity contribution in [1.29, 1.82) is 0 Å². The first-order chi connectivity index (χ1) is 18.9. The average Bonchev–Trinajstić information content (AvgIpc) is 2.93. The van der Waals surface area contributed by atoms with E-state index in [0.717, 1.165) is 0 Å². The van der Waals surface area contributed by atoms with Crippen molar-refractivity contribution in [3.05, 3.63) is 0 Å². The molecule has 1 aliphatic carbocycles. The van der Waals surface area contributed by atoms with E-state index in [1.165, 1.54) is 0 Å². The largest absolute Gasteiger partial charge is 0.394 e. The monoisotopic (exact) mass is 581 g/mol. The highest BCUT2D eigenvalue weighted by atomic mass is 16.7. The van der Waals surface area contributed by atoms with E-state index in [0.29, 0.717) is 12.8 Å². The van der Waals surface area contributed by atoms with Gasteiger partial charge in [-0.05, 0) is 32.2 Å². The fourth-order valence-corrected chi connectivity index (χ4v) is 5.48. The number of hydrogen-bond acceptors (Lipinski definition) is 16. The van der Waals surface area contributed by atoms with Crippen molar-refractivity contribution in [3.63, 3.8) is 0 Å². The SMILES string of the molecule is NCC[C@H](O)C(=O)N[C@@H]1C[C@H](N)C(O[C@@H]2OC(CN)CCC2N)C(O)(CN)[C@@H]1O[C@@H]1OC(CO)[C@H](O)[C@H](N)C1O. The third-order valence-corrected chi connectivity index (χ3v) is 7.92. The Labute approximate surface area is 232 Å². The zero-order chi connectivity index (χ0) is 29.8. The summed E-state index contributed by atoms with van der Waals surface area (Å²) >= 11 is 0. The van der Waals surface area contributed by atoms with Gasteiger partial charge in [0.2, 0.25) is 5.91 Å². The van der Waals surface area contributed by atoms with Crippen LogP contribution in [0.15, 0.2) is 0 Å². The van der Waals surface area contributed by atoms with Gasteiger partial charge in [0.15, 0.2) is 12.6 Å². The molecular formula is C23H47N7O10. The van der Waals surface area contributed by atoms with Gasteiger partial charge in [0.1, 0.15) is 42.2 Å². The number of nitrogens with one attached hydrogen (secondary N) is 1. The summed E-state index contributed by atoms with van der Waals surface area (Å²) in [5, 5.41) is 55.4. The zero-order valence-electron chi connectivity index (χ0n) is 22.4. The summed E-state index contributed by atoms with van der Waals surface area (Å²) in [6.07, 6.45) is -10.2. The van der Waals surface area contributed by atoms with Crippen molar-refractivity contribution in [2.75, 3.05) is 26.2 Å². The molecule has 0 bridgehead atoms. The Balaban J connectivity index is 1.93. The Morgan fingerprint density at radius 1 is 1.00 bits per heavy atom. The van der Waals surface area contributed by atoms with Crippen molar-refractivity contribution >= 4 is 5.91 Å². The molecule has 14 atom stereocenters. The Kier molecular flexibility index (Phi) is 12.0. The second-order valence-corrected chi connectivity index (χ2v) is 10.8. The van der Waals surface area contributed by atoms with Gasteiger partial charge in [-0.1, -0.05) is 0 Å². The minimum Gasteiger partial charge on any atom is -0.394 e. The van der Waals surface area contributed by atoms with Crippen LogP contribution < -0.4 is 39.7 Å². The van der Waals surface area contributed by atoms with Gasteiger partial charge in [-0.2, -0.15) is 0 Å². The molecule has 17 nitrogen and oxygen atoms in total. The van der Waals surface area contributed by atoms with E-state index in [1.807, 2.05) is 0 Å². The second kappa shape index (κ2) is 14.4. The van der Waals surface area contributed by atoms with Gasteiger partial charge in [0, 0.05) is 19.1 Å². The number of aliphatic hydroxyl groups excluding tert-OH is 4. The van der Waals surface area contributed by atoms with Crippen LogP contribution >= 0.6 is 0 Å². The normalized spacial score (nSPS) is 45.2. The molecule has 17 heteroatoms. The predicted octanol–water partition coefficient (Wildman–Crippen LogP) is -7.07. The van der Waals surface area contributed by atoms with Crippen LogP contribution in [0, 0.1) is 0 Å². The topological polar surface area (TPSA) is 323 Å². The molecule has 3 rings (SSSR count). The van der Waals surface area contributed by atoms with Gasteiger partial charge in [0.25, 0.3) is 0 Å².